The summed E-state index contributed by atoms with van der Waals surface area (Å²) >= 11 is 6.18. The Morgan fingerprint density at radius 2 is 1.94 bits per heavy atom. The molecule has 5 nitrogen and oxygen atoms in total. The molecule has 0 aliphatic carbocycles. The summed E-state index contributed by atoms with van der Waals surface area (Å²) in [5, 5.41) is 13.4. The van der Waals surface area contributed by atoms with Gasteiger partial charge in [-0.3, -0.25) is 4.79 Å². The first-order valence-corrected chi connectivity index (χ1v) is 12.0. The van der Waals surface area contributed by atoms with Crippen molar-refractivity contribution in [3.05, 3.63) is 58.6 Å². The molecule has 6 heteroatoms. The Labute approximate surface area is 198 Å². The van der Waals surface area contributed by atoms with Gasteiger partial charge in [-0.2, -0.15) is 0 Å². The van der Waals surface area contributed by atoms with E-state index >= 15 is 0 Å². The smallest absolute Gasteiger partial charge is 0.255 e. The topological polar surface area (TPSA) is 75.3 Å². The van der Waals surface area contributed by atoms with Crippen LogP contribution in [0.1, 0.15) is 56.0 Å². The zero-order chi connectivity index (χ0) is 23.7. The van der Waals surface area contributed by atoms with Crippen LogP contribution in [0.3, 0.4) is 0 Å². The number of halogens is 1. The van der Waals surface area contributed by atoms with Gasteiger partial charge in [-0.05, 0) is 62.9 Å². The van der Waals surface area contributed by atoms with Crippen molar-refractivity contribution in [3.8, 4) is 5.75 Å². The number of nitrogens with two attached hydrogens (primary N) is 1. The highest BCUT2D eigenvalue weighted by Gasteiger charge is 2.29. The summed E-state index contributed by atoms with van der Waals surface area (Å²) < 4.78 is 0.966. The number of rotatable bonds is 12. The van der Waals surface area contributed by atoms with E-state index in [4.69, 9.17) is 17.3 Å². The quantitative estimate of drug-likeness (QED) is 0.229. The van der Waals surface area contributed by atoms with Gasteiger partial charge in [-0.15, -0.1) is 0 Å². The van der Waals surface area contributed by atoms with Gasteiger partial charge < -0.3 is 20.6 Å². The SMILES string of the molecule is CCC(CCc1ccc(N)c(Cl)c1)C[N+](C)(CCCNC(=O)c1ccccc1O)C(C)C. The molecule has 0 saturated carbocycles. The maximum Gasteiger partial charge on any atom is 0.255 e. The van der Waals surface area contributed by atoms with Crippen LogP contribution in [0, 0.1) is 5.92 Å². The lowest BCUT2D eigenvalue weighted by Crippen LogP contribution is -2.53. The van der Waals surface area contributed by atoms with Crippen molar-refractivity contribution < 1.29 is 14.4 Å². The third-order valence-electron chi connectivity index (χ3n) is 6.69. The predicted octanol–water partition coefficient (Wildman–Crippen LogP) is 5.26. The number of nitrogens with one attached hydrogen (secondary N) is 1. The van der Waals surface area contributed by atoms with E-state index in [1.165, 1.54) is 11.6 Å². The maximum atomic E-state index is 12.3. The van der Waals surface area contributed by atoms with Gasteiger partial charge in [0.25, 0.3) is 5.91 Å². The number of nitrogens with zero attached hydrogens (tertiary/aromatic N) is 1. The van der Waals surface area contributed by atoms with Gasteiger partial charge in [-0.25, -0.2) is 0 Å². The second-order valence-electron chi connectivity index (χ2n) is 9.27. The molecule has 0 saturated heterocycles. The van der Waals surface area contributed by atoms with Crippen LogP contribution in [0.2, 0.25) is 5.02 Å². The number of hydrogen-bond acceptors (Lipinski definition) is 3. The molecule has 0 aliphatic heterocycles. The van der Waals surface area contributed by atoms with Gasteiger partial charge in [-0.1, -0.05) is 36.7 Å². The first-order valence-electron chi connectivity index (χ1n) is 11.6. The van der Waals surface area contributed by atoms with Crippen LogP contribution in [0.5, 0.6) is 5.75 Å². The second kappa shape index (κ2) is 12.1. The molecule has 0 fully saturated rings. The van der Waals surface area contributed by atoms with Gasteiger partial charge >= 0.3 is 0 Å². The Kier molecular flexibility index (Phi) is 9.85. The number of phenols is 1. The van der Waals surface area contributed by atoms with Gasteiger partial charge in [0.2, 0.25) is 0 Å². The average molecular weight is 461 g/mol. The zero-order valence-corrected chi connectivity index (χ0v) is 20.7. The lowest BCUT2D eigenvalue weighted by molar-refractivity contribution is -0.933. The summed E-state index contributed by atoms with van der Waals surface area (Å²) in [5.74, 6) is 0.394. The minimum Gasteiger partial charge on any atom is -0.507 e. The van der Waals surface area contributed by atoms with Crippen LogP contribution in [-0.4, -0.2) is 48.2 Å². The number of aromatic hydroxyl groups is 1. The molecule has 2 rings (SSSR count). The normalized spacial score (nSPS) is 14.2. The molecule has 2 aromatic carbocycles. The van der Waals surface area contributed by atoms with Crippen molar-refractivity contribution in [3.63, 3.8) is 0 Å². The molecule has 2 atom stereocenters. The summed E-state index contributed by atoms with van der Waals surface area (Å²) in [6, 6.07) is 13.1. The van der Waals surface area contributed by atoms with Crippen molar-refractivity contribution in [2.75, 3.05) is 32.4 Å². The number of quaternary nitrogens is 1. The summed E-state index contributed by atoms with van der Waals surface area (Å²) in [7, 11) is 2.32. The van der Waals surface area contributed by atoms with Crippen LogP contribution in [0.4, 0.5) is 5.69 Å². The van der Waals surface area contributed by atoms with E-state index in [0.29, 0.717) is 34.8 Å². The first kappa shape index (κ1) is 26.0. The molecule has 0 heterocycles. The lowest BCUT2D eigenvalue weighted by atomic mass is 9.95. The molecule has 0 bridgehead atoms. The van der Waals surface area contributed by atoms with Crippen molar-refractivity contribution in [1.82, 2.24) is 5.32 Å². The Hall–Kier alpha value is -2.24. The summed E-state index contributed by atoms with van der Waals surface area (Å²) in [6.07, 6.45) is 4.12. The van der Waals surface area contributed by atoms with Crippen LogP contribution in [0.25, 0.3) is 0 Å². The number of nitrogen functional groups attached to an aromatic ring is 1. The average Bonchev–Trinajstić information content (AvgIpc) is 2.76. The molecule has 4 N–H and O–H groups in total. The van der Waals surface area contributed by atoms with E-state index in [9.17, 15) is 9.90 Å². The number of hydrogen-bond donors (Lipinski definition) is 3. The molecular weight excluding hydrogens is 422 g/mol. The molecule has 1 amide bonds. The Bertz CT molecular complexity index is 887. The van der Waals surface area contributed by atoms with Crippen molar-refractivity contribution >= 4 is 23.2 Å². The van der Waals surface area contributed by atoms with Gasteiger partial charge in [0.05, 0.1) is 42.5 Å². The van der Waals surface area contributed by atoms with Crippen LogP contribution in [0.15, 0.2) is 42.5 Å². The highest BCUT2D eigenvalue weighted by molar-refractivity contribution is 6.33. The fourth-order valence-electron chi connectivity index (χ4n) is 4.07. The van der Waals surface area contributed by atoms with Gasteiger partial charge in [0.15, 0.2) is 0 Å². The van der Waals surface area contributed by atoms with E-state index in [-0.39, 0.29) is 11.7 Å². The fraction of sp³-hybridized carbons (Fsp3) is 0.500. The minimum absolute atomic E-state index is 0.0148. The number of phenolic OH excluding ortho intramolecular Hbond substituents is 1. The summed E-state index contributed by atoms with van der Waals surface area (Å²) in [4.78, 5) is 12.3. The van der Waals surface area contributed by atoms with E-state index in [1.807, 2.05) is 12.1 Å². The van der Waals surface area contributed by atoms with E-state index in [0.717, 1.165) is 43.3 Å². The molecule has 0 aromatic heterocycles. The van der Waals surface area contributed by atoms with Crippen LogP contribution in [-0.2, 0) is 6.42 Å². The van der Waals surface area contributed by atoms with Gasteiger partial charge in [0, 0.05) is 18.9 Å². The van der Waals surface area contributed by atoms with Crippen LogP contribution < -0.4 is 11.1 Å². The van der Waals surface area contributed by atoms with E-state index < -0.39 is 0 Å². The summed E-state index contributed by atoms with van der Waals surface area (Å²) in [6.45, 7) is 9.49. The Morgan fingerprint density at radius 1 is 1.22 bits per heavy atom. The minimum atomic E-state index is -0.226. The van der Waals surface area contributed by atoms with Crippen molar-refractivity contribution in [2.24, 2.45) is 5.92 Å². The Morgan fingerprint density at radius 3 is 2.56 bits per heavy atom. The lowest BCUT2D eigenvalue weighted by Gasteiger charge is -2.41. The number of anilines is 1. The second-order valence-corrected chi connectivity index (χ2v) is 9.68. The number of aryl methyl sites for hydroxylation is 1. The standard InChI is InChI=1S/C26H38ClN3O2/c1-5-20(11-12-21-13-14-24(28)23(27)17-21)18-30(4,19(2)3)16-8-15-29-26(32)22-9-6-7-10-25(22)31/h6-7,9-10,13-14,17,19-20H,5,8,11-12,15-16,18,28H2,1-4H3,(H-,29,31,32)/p+1. The number of benzene rings is 2. The monoisotopic (exact) mass is 460 g/mol. The number of carbonyl (C=O) groups excluding carboxylic acids is 1. The van der Waals surface area contributed by atoms with Crippen LogP contribution >= 0.6 is 11.6 Å². The number of para-hydroxylation sites is 1. The molecule has 176 valence electrons. The molecule has 0 radical (unpaired) electrons. The molecule has 2 aromatic rings. The predicted molar refractivity (Wildman–Crippen MR) is 134 cm³/mol. The molecule has 32 heavy (non-hydrogen) atoms. The molecule has 0 aliphatic rings. The Balaban J connectivity index is 1.88. The zero-order valence-electron chi connectivity index (χ0n) is 19.9. The first-order chi connectivity index (χ1) is 15.2. The highest BCUT2D eigenvalue weighted by Crippen LogP contribution is 2.24. The van der Waals surface area contributed by atoms with Crippen molar-refractivity contribution in [1.29, 1.82) is 0 Å². The third kappa shape index (κ3) is 7.42. The highest BCUT2D eigenvalue weighted by atomic mass is 35.5. The largest absolute Gasteiger partial charge is 0.507 e. The summed E-state index contributed by atoms with van der Waals surface area (Å²) in [5.41, 5.74) is 8.01. The third-order valence-corrected chi connectivity index (χ3v) is 7.01. The molecule has 2 unspecified atom stereocenters. The molecular formula is C26H39ClN3O2+. The van der Waals surface area contributed by atoms with Crippen molar-refractivity contribution in [2.45, 2.75) is 52.5 Å². The van der Waals surface area contributed by atoms with Gasteiger partial charge in [0.1, 0.15) is 5.75 Å². The number of carbonyl (C=O) groups is 1. The molecule has 0 spiro atoms. The fourth-order valence-corrected chi connectivity index (χ4v) is 4.28. The maximum absolute atomic E-state index is 12.3. The van der Waals surface area contributed by atoms with E-state index in [1.54, 1.807) is 18.2 Å². The number of amides is 1. The van der Waals surface area contributed by atoms with E-state index in [2.05, 4.69) is 39.2 Å².